The highest BCUT2D eigenvalue weighted by Gasteiger charge is 2.35. The van der Waals surface area contributed by atoms with Gasteiger partial charge in [0.1, 0.15) is 16.4 Å². The fourth-order valence-electron chi connectivity index (χ4n) is 2.36. The van der Waals surface area contributed by atoms with Crippen LogP contribution >= 0.6 is 12.2 Å². The molecule has 3 N–H and O–H groups in total. The molecule has 2 rings (SSSR count). The van der Waals surface area contributed by atoms with Crippen molar-refractivity contribution in [2.45, 2.75) is 18.9 Å². The van der Waals surface area contributed by atoms with Crippen molar-refractivity contribution in [2.24, 2.45) is 12.8 Å². The number of methoxy groups -OCH3 is 1. The van der Waals surface area contributed by atoms with E-state index in [1.54, 1.807) is 11.8 Å². The lowest BCUT2D eigenvalue weighted by atomic mass is 10.0. The quantitative estimate of drug-likeness (QED) is 0.771. The first kappa shape index (κ1) is 14.2. The number of aromatic nitrogens is 2. The number of anilines is 1. The zero-order valence-electron chi connectivity index (χ0n) is 11.5. The summed E-state index contributed by atoms with van der Waals surface area (Å²) in [5.41, 5.74) is 7.09. The van der Waals surface area contributed by atoms with Crippen LogP contribution in [-0.2, 0) is 16.5 Å². The second kappa shape index (κ2) is 5.44. The van der Waals surface area contributed by atoms with Gasteiger partial charge in [0, 0.05) is 33.7 Å². The molecule has 7 heteroatoms. The van der Waals surface area contributed by atoms with Crippen LogP contribution in [0.4, 0.5) is 5.82 Å². The Labute approximate surface area is 118 Å². The third kappa shape index (κ3) is 2.72. The molecule has 1 atom stereocenters. The summed E-state index contributed by atoms with van der Waals surface area (Å²) in [4.78, 5) is 0.349. The van der Waals surface area contributed by atoms with E-state index >= 15 is 0 Å². The predicted molar refractivity (Wildman–Crippen MR) is 77.5 cm³/mol. The monoisotopic (exact) mass is 284 g/mol. The molecule has 1 aromatic heterocycles. The van der Waals surface area contributed by atoms with E-state index in [0.717, 1.165) is 30.1 Å². The maximum Gasteiger partial charge on any atom is 0.134 e. The SMILES string of the molecule is COC1(CNc2c(C(N)=S)c(C)nn2C)CCOC1. The van der Waals surface area contributed by atoms with Gasteiger partial charge in [0.05, 0.1) is 17.9 Å². The largest absolute Gasteiger partial charge is 0.389 e. The minimum atomic E-state index is -0.286. The number of nitrogens with one attached hydrogen (secondary N) is 1. The number of nitrogens with two attached hydrogens (primary N) is 1. The molecular formula is C12H20N4O2S. The summed E-state index contributed by atoms with van der Waals surface area (Å²) in [6, 6.07) is 0. The van der Waals surface area contributed by atoms with Crippen LogP contribution in [0.5, 0.6) is 0 Å². The van der Waals surface area contributed by atoms with Crippen LogP contribution < -0.4 is 11.1 Å². The van der Waals surface area contributed by atoms with Crippen molar-refractivity contribution in [3.8, 4) is 0 Å². The first-order valence-corrected chi connectivity index (χ1v) is 6.60. The van der Waals surface area contributed by atoms with E-state index in [9.17, 15) is 0 Å². The van der Waals surface area contributed by atoms with Crippen LogP contribution in [0.3, 0.4) is 0 Å². The Morgan fingerprint density at radius 2 is 2.42 bits per heavy atom. The Bertz CT molecular complexity index is 480. The molecule has 1 aliphatic rings. The average Bonchev–Trinajstić information content (AvgIpc) is 2.92. The van der Waals surface area contributed by atoms with Gasteiger partial charge in [-0.1, -0.05) is 12.2 Å². The van der Waals surface area contributed by atoms with E-state index < -0.39 is 0 Å². The first-order valence-electron chi connectivity index (χ1n) is 6.19. The molecule has 0 aromatic carbocycles. The lowest BCUT2D eigenvalue weighted by Crippen LogP contribution is -2.40. The van der Waals surface area contributed by atoms with E-state index in [1.165, 1.54) is 0 Å². The summed E-state index contributed by atoms with van der Waals surface area (Å²) < 4.78 is 12.8. The third-order valence-electron chi connectivity index (χ3n) is 3.55. The number of ether oxygens (including phenoxy) is 2. The molecule has 0 bridgehead atoms. The maximum absolute atomic E-state index is 5.76. The zero-order valence-corrected chi connectivity index (χ0v) is 12.3. The van der Waals surface area contributed by atoms with Crippen LogP contribution in [0, 0.1) is 6.92 Å². The number of nitrogens with zero attached hydrogens (tertiary/aromatic N) is 2. The van der Waals surface area contributed by atoms with Gasteiger partial charge >= 0.3 is 0 Å². The summed E-state index contributed by atoms with van der Waals surface area (Å²) in [7, 11) is 3.57. The highest BCUT2D eigenvalue weighted by Crippen LogP contribution is 2.25. The lowest BCUT2D eigenvalue weighted by Gasteiger charge is -2.26. The molecule has 0 amide bonds. The highest BCUT2D eigenvalue weighted by atomic mass is 32.1. The molecule has 2 heterocycles. The molecule has 19 heavy (non-hydrogen) atoms. The molecule has 1 saturated heterocycles. The van der Waals surface area contributed by atoms with Crippen LogP contribution in [-0.4, -0.2) is 47.2 Å². The van der Waals surface area contributed by atoms with Gasteiger partial charge < -0.3 is 20.5 Å². The summed E-state index contributed by atoms with van der Waals surface area (Å²) in [6.07, 6.45) is 0.871. The molecule has 1 unspecified atom stereocenters. The topological polar surface area (TPSA) is 74.3 Å². The van der Waals surface area contributed by atoms with Gasteiger partial charge in [0.2, 0.25) is 0 Å². The second-order valence-corrected chi connectivity index (χ2v) is 5.28. The number of aryl methyl sites for hydroxylation is 2. The van der Waals surface area contributed by atoms with Gasteiger partial charge in [-0.15, -0.1) is 0 Å². The molecule has 1 aliphatic heterocycles. The van der Waals surface area contributed by atoms with Crippen molar-refractivity contribution >= 4 is 23.0 Å². The van der Waals surface area contributed by atoms with Crippen molar-refractivity contribution in [1.29, 1.82) is 0 Å². The van der Waals surface area contributed by atoms with E-state index in [2.05, 4.69) is 10.4 Å². The molecule has 0 radical (unpaired) electrons. The van der Waals surface area contributed by atoms with E-state index in [1.807, 2.05) is 14.0 Å². The minimum absolute atomic E-state index is 0.286. The number of hydrogen-bond acceptors (Lipinski definition) is 5. The van der Waals surface area contributed by atoms with Gasteiger partial charge in [-0.25, -0.2) is 0 Å². The molecule has 0 aliphatic carbocycles. The zero-order chi connectivity index (χ0) is 14.0. The minimum Gasteiger partial charge on any atom is -0.389 e. The first-order chi connectivity index (χ1) is 8.99. The smallest absolute Gasteiger partial charge is 0.134 e. The average molecular weight is 284 g/mol. The van der Waals surface area contributed by atoms with Crippen molar-refractivity contribution in [3.63, 3.8) is 0 Å². The van der Waals surface area contributed by atoms with E-state index in [4.69, 9.17) is 27.4 Å². The summed E-state index contributed by atoms with van der Waals surface area (Å²) in [5, 5.41) is 7.69. The molecular weight excluding hydrogens is 264 g/mol. The van der Waals surface area contributed by atoms with Gasteiger partial charge in [0.15, 0.2) is 0 Å². The second-order valence-electron chi connectivity index (χ2n) is 4.84. The van der Waals surface area contributed by atoms with Crippen molar-refractivity contribution in [3.05, 3.63) is 11.3 Å². The highest BCUT2D eigenvalue weighted by molar-refractivity contribution is 7.80. The fourth-order valence-corrected chi connectivity index (χ4v) is 2.61. The molecule has 0 saturated carbocycles. The maximum atomic E-state index is 5.76. The Balaban J connectivity index is 2.17. The summed E-state index contributed by atoms with van der Waals surface area (Å²) in [6.45, 7) is 3.85. The van der Waals surface area contributed by atoms with Gasteiger partial charge in [-0.05, 0) is 6.92 Å². The van der Waals surface area contributed by atoms with Crippen LogP contribution in [0.25, 0.3) is 0 Å². The normalized spacial score (nSPS) is 22.7. The Hall–Kier alpha value is -1.18. The van der Waals surface area contributed by atoms with Crippen LogP contribution in [0.15, 0.2) is 0 Å². The molecule has 106 valence electrons. The van der Waals surface area contributed by atoms with Crippen molar-refractivity contribution in [2.75, 3.05) is 32.2 Å². The van der Waals surface area contributed by atoms with Crippen molar-refractivity contribution in [1.82, 2.24) is 9.78 Å². The molecule has 0 spiro atoms. The number of thiocarbonyl (C=S) groups is 1. The molecule has 1 fully saturated rings. The number of rotatable bonds is 5. The predicted octanol–water partition coefficient (Wildman–Crippen LogP) is 0.580. The van der Waals surface area contributed by atoms with Crippen molar-refractivity contribution < 1.29 is 9.47 Å². The fraction of sp³-hybridized carbons (Fsp3) is 0.667. The van der Waals surface area contributed by atoms with Gasteiger partial charge in [0.25, 0.3) is 0 Å². The Kier molecular flexibility index (Phi) is 4.07. The van der Waals surface area contributed by atoms with Crippen LogP contribution in [0.1, 0.15) is 17.7 Å². The lowest BCUT2D eigenvalue weighted by molar-refractivity contribution is -0.00629. The molecule has 6 nitrogen and oxygen atoms in total. The summed E-state index contributed by atoms with van der Waals surface area (Å²) in [5.74, 6) is 0.827. The van der Waals surface area contributed by atoms with Gasteiger partial charge in [-0.3, -0.25) is 4.68 Å². The Morgan fingerprint density at radius 1 is 1.68 bits per heavy atom. The van der Waals surface area contributed by atoms with Gasteiger partial charge in [-0.2, -0.15) is 5.10 Å². The number of hydrogen-bond donors (Lipinski definition) is 2. The van der Waals surface area contributed by atoms with E-state index in [0.29, 0.717) is 18.1 Å². The van der Waals surface area contributed by atoms with E-state index in [-0.39, 0.29) is 5.60 Å². The molecule has 1 aromatic rings. The standard InChI is InChI=1S/C12H20N4O2S/c1-8-9(10(13)19)11(16(2)15-8)14-6-12(17-3)4-5-18-7-12/h14H,4-7H2,1-3H3,(H2,13,19). The third-order valence-corrected chi connectivity index (χ3v) is 3.75. The Morgan fingerprint density at radius 3 is 2.95 bits per heavy atom. The van der Waals surface area contributed by atoms with Crippen LogP contribution in [0.2, 0.25) is 0 Å². The summed E-state index contributed by atoms with van der Waals surface area (Å²) >= 11 is 5.08.